The molecule has 12 heavy (non-hydrogen) atoms. The molecule has 1 aromatic carbocycles. The molecule has 0 spiro atoms. The zero-order chi connectivity index (χ0) is 9.14. The number of benzene rings is 1. The van der Waals surface area contributed by atoms with Crippen LogP contribution >= 0.6 is 22.6 Å². The smallest absolute Gasteiger partial charge is 0.0230 e. The summed E-state index contributed by atoms with van der Waals surface area (Å²) in [6, 6.07) is 6.57. The summed E-state index contributed by atoms with van der Waals surface area (Å²) in [5.74, 6) is 0. The van der Waals surface area contributed by atoms with Gasteiger partial charge in [-0.05, 0) is 66.9 Å². The molecule has 0 bridgehead atoms. The van der Waals surface area contributed by atoms with E-state index < -0.39 is 0 Å². The number of rotatable bonds is 2. The first-order valence-corrected chi connectivity index (χ1v) is 5.07. The van der Waals surface area contributed by atoms with E-state index >= 15 is 0 Å². The van der Waals surface area contributed by atoms with Crippen LogP contribution in [0.2, 0.25) is 0 Å². The van der Waals surface area contributed by atoms with E-state index in [1.165, 1.54) is 14.7 Å². The minimum atomic E-state index is 1.03. The van der Waals surface area contributed by atoms with Crippen molar-refractivity contribution in [1.29, 1.82) is 0 Å². The van der Waals surface area contributed by atoms with Gasteiger partial charge in [0.15, 0.2) is 0 Å². The summed E-state index contributed by atoms with van der Waals surface area (Å²) in [5, 5.41) is 0. The van der Waals surface area contributed by atoms with E-state index in [1.807, 2.05) is 0 Å². The van der Waals surface area contributed by atoms with Crippen molar-refractivity contribution in [1.82, 2.24) is 4.90 Å². The number of aryl methyl sites for hydroxylation is 1. The van der Waals surface area contributed by atoms with E-state index in [4.69, 9.17) is 0 Å². The van der Waals surface area contributed by atoms with Crippen molar-refractivity contribution in [3.63, 3.8) is 0 Å². The van der Waals surface area contributed by atoms with Crippen LogP contribution in [0.3, 0.4) is 0 Å². The molecule has 0 saturated heterocycles. The highest BCUT2D eigenvalue weighted by molar-refractivity contribution is 14.1. The van der Waals surface area contributed by atoms with Crippen molar-refractivity contribution < 1.29 is 0 Å². The molecule has 0 saturated carbocycles. The lowest BCUT2D eigenvalue weighted by molar-refractivity contribution is 0.401. The van der Waals surface area contributed by atoms with Crippen LogP contribution in [0.5, 0.6) is 0 Å². The maximum absolute atomic E-state index is 2.35. The van der Waals surface area contributed by atoms with Gasteiger partial charge in [-0.1, -0.05) is 6.07 Å². The average molecular weight is 275 g/mol. The number of hydrogen-bond acceptors (Lipinski definition) is 1. The summed E-state index contributed by atoms with van der Waals surface area (Å²) in [4.78, 5) is 2.19. The van der Waals surface area contributed by atoms with Gasteiger partial charge in [0.25, 0.3) is 0 Å². The van der Waals surface area contributed by atoms with Crippen molar-refractivity contribution in [2.75, 3.05) is 14.1 Å². The first-order valence-electron chi connectivity index (χ1n) is 3.99. The minimum Gasteiger partial charge on any atom is -0.305 e. The molecule has 66 valence electrons. The van der Waals surface area contributed by atoms with Crippen molar-refractivity contribution in [2.24, 2.45) is 0 Å². The summed E-state index contributed by atoms with van der Waals surface area (Å²) < 4.78 is 1.31. The normalized spacial score (nSPS) is 10.8. The minimum absolute atomic E-state index is 1.03. The fraction of sp³-hybridized carbons (Fsp3) is 0.400. The Kier molecular flexibility index (Phi) is 3.53. The highest BCUT2D eigenvalue weighted by Crippen LogP contribution is 2.13. The SMILES string of the molecule is Cc1ccc(I)cc1CN(C)C. The van der Waals surface area contributed by atoms with E-state index in [9.17, 15) is 0 Å². The Morgan fingerprint density at radius 2 is 2.00 bits per heavy atom. The molecule has 0 aliphatic heterocycles. The summed E-state index contributed by atoms with van der Waals surface area (Å²) >= 11 is 2.35. The second kappa shape index (κ2) is 4.23. The monoisotopic (exact) mass is 275 g/mol. The van der Waals surface area contributed by atoms with Crippen molar-refractivity contribution in [3.05, 3.63) is 32.9 Å². The Bertz CT molecular complexity index is 269. The topological polar surface area (TPSA) is 3.24 Å². The molecule has 0 amide bonds. The van der Waals surface area contributed by atoms with Crippen molar-refractivity contribution in [3.8, 4) is 0 Å². The van der Waals surface area contributed by atoms with E-state index in [0.29, 0.717) is 0 Å². The van der Waals surface area contributed by atoms with E-state index in [0.717, 1.165) is 6.54 Å². The van der Waals surface area contributed by atoms with Crippen molar-refractivity contribution in [2.45, 2.75) is 13.5 Å². The van der Waals surface area contributed by atoms with Gasteiger partial charge in [-0.25, -0.2) is 0 Å². The van der Waals surface area contributed by atoms with E-state index in [2.05, 4.69) is 66.7 Å². The predicted octanol–water partition coefficient (Wildman–Crippen LogP) is 2.66. The quantitative estimate of drug-likeness (QED) is 0.750. The fourth-order valence-corrected chi connectivity index (χ4v) is 1.71. The highest BCUT2D eigenvalue weighted by atomic mass is 127. The number of halogens is 1. The summed E-state index contributed by atoms with van der Waals surface area (Å²) in [7, 11) is 4.19. The highest BCUT2D eigenvalue weighted by Gasteiger charge is 1.99. The second-order valence-corrected chi connectivity index (χ2v) is 4.55. The summed E-state index contributed by atoms with van der Waals surface area (Å²) in [6.45, 7) is 3.19. The Morgan fingerprint density at radius 1 is 1.33 bits per heavy atom. The molecular formula is C10H14IN. The van der Waals surface area contributed by atoms with Crippen LogP contribution < -0.4 is 0 Å². The van der Waals surface area contributed by atoms with Gasteiger partial charge in [-0.15, -0.1) is 0 Å². The maximum atomic E-state index is 2.35. The van der Waals surface area contributed by atoms with Crippen molar-refractivity contribution >= 4 is 22.6 Å². The lowest BCUT2D eigenvalue weighted by Crippen LogP contribution is -2.11. The zero-order valence-electron chi connectivity index (χ0n) is 7.76. The molecular weight excluding hydrogens is 261 g/mol. The average Bonchev–Trinajstić information content (AvgIpc) is 1.96. The number of hydrogen-bond donors (Lipinski definition) is 0. The second-order valence-electron chi connectivity index (χ2n) is 3.31. The maximum Gasteiger partial charge on any atom is 0.0230 e. The standard InChI is InChI=1S/C10H14IN/c1-8-4-5-10(11)6-9(8)7-12(2)3/h4-6H,7H2,1-3H3. The van der Waals surface area contributed by atoms with Gasteiger partial charge in [-0.3, -0.25) is 0 Å². The molecule has 0 aliphatic carbocycles. The third-order valence-electron chi connectivity index (χ3n) is 1.80. The van der Waals surface area contributed by atoms with Gasteiger partial charge >= 0.3 is 0 Å². The molecule has 1 nitrogen and oxygen atoms in total. The Morgan fingerprint density at radius 3 is 2.58 bits per heavy atom. The molecule has 1 rings (SSSR count). The molecule has 1 aromatic rings. The Labute approximate surface area is 87.9 Å². The predicted molar refractivity (Wildman–Crippen MR) is 61.3 cm³/mol. The first-order chi connectivity index (χ1) is 5.59. The van der Waals surface area contributed by atoms with Gasteiger partial charge in [0.05, 0.1) is 0 Å². The lowest BCUT2D eigenvalue weighted by atomic mass is 10.1. The molecule has 0 aromatic heterocycles. The largest absolute Gasteiger partial charge is 0.305 e. The van der Waals surface area contributed by atoms with Crippen LogP contribution in [0.4, 0.5) is 0 Å². The summed E-state index contributed by atoms with van der Waals surface area (Å²) in [6.07, 6.45) is 0. The van der Waals surface area contributed by atoms with Crippen LogP contribution in [0, 0.1) is 10.5 Å². The van der Waals surface area contributed by atoms with Gasteiger partial charge in [0, 0.05) is 10.1 Å². The van der Waals surface area contributed by atoms with Crippen LogP contribution in [-0.2, 0) is 6.54 Å². The van der Waals surface area contributed by atoms with Gasteiger partial charge < -0.3 is 4.90 Å². The van der Waals surface area contributed by atoms with E-state index in [1.54, 1.807) is 0 Å². The lowest BCUT2D eigenvalue weighted by Gasteiger charge is -2.12. The molecule has 0 heterocycles. The zero-order valence-corrected chi connectivity index (χ0v) is 9.92. The van der Waals surface area contributed by atoms with Crippen LogP contribution in [0.25, 0.3) is 0 Å². The van der Waals surface area contributed by atoms with Gasteiger partial charge in [-0.2, -0.15) is 0 Å². The Balaban J connectivity index is 2.90. The fourth-order valence-electron chi connectivity index (χ4n) is 1.15. The molecule has 0 radical (unpaired) electrons. The third kappa shape index (κ3) is 2.75. The molecule has 0 atom stereocenters. The molecule has 0 unspecified atom stereocenters. The van der Waals surface area contributed by atoms with Crippen LogP contribution in [0.1, 0.15) is 11.1 Å². The molecule has 0 fully saturated rings. The molecule has 0 N–H and O–H groups in total. The van der Waals surface area contributed by atoms with Crippen LogP contribution in [0.15, 0.2) is 18.2 Å². The number of nitrogens with zero attached hydrogens (tertiary/aromatic N) is 1. The molecule has 0 aliphatic rings. The third-order valence-corrected chi connectivity index (χ3v) is 2.47. The van der Waals surface area contributed by atoms with Crippen LogP contribution in [-0.4, -0.2) is 19.0 Å². The Hall–Kier alpha value is -0.0900. The van der Waals surface area contributed by atoms with E-state index in [-0.39, 0.29) is 0 Å². The molecule has 2 heteroatoms. The van der Waals surface area contributed by atoms with Gasteiger partial charge in [0.2, 0.25) is 0 Å². The first kappa shape index (κ1) is 9.99. The summed E-state index contributed by atoms with van der Waals surface area (Å²) in [5.41, 5.74) is 2.80. The van der Waals surface area contributed by atoms with Gasteiger partial charge in [0.1, 0.15) is 0 Å².